The van der Waals surface area contributed by atoms with Crippen molar-refractivity contribution in [1.82, 2.24) is 4.90 Å². The van der Waals surface area contributed by atoms with E-state index in [9.17, 15) is 0 Å². The Balaban J connectivity index is 2.43. The molecule has 1 rings (SSSR count). The number of benzene rings is 1. The second-order valence-corrected chi connectivity index (χ2v) is 4.79. The fraction of sp³-hybridized carbons (Fsp3) is 0.600. The zero-order valence-electron chi connectivity index (χ0n) is 12.8. The smallest absolute Gasteiger partial charge is 0.144 e. The molecule has 20 heavy (non-hydrogen) atoms. The van der Waals surface area contributed by atoms with Crippen LogP contribution in [-0.2, 0) is 4.74 Å². The van der Waals surface area contributed by atoms with Gasteiger partial charge in [-0.05, 0) is 25.6 Å². The molecule has 0 saturated carbocycles. The first kappa shape index (κ1) is 16.6. The molecule has 0 aliphatic heterocycles. The lowest BCUT2D eigenvalue weighted by Crippen LogP contribution is -2.28. The second-order valence-electron chi connectivity index (χ2n) is 4.79. The first-order valence-electron chi connectivity index (χ1n) is 7.11. The monoisotopic (exact) mass is 281 g/mol. The molecule has 0 radical (unpaired) electrons. The van der Waals surface area contributed by atoms with Gasteiger partial charge in [0, 0.05) is 26.7 Å². The third kappa shape index (κ3) is 5.67. The summed E-state index contributed by atoms with van der Waals surface area (Å²) in [4.78, 5) is 2.21. The highest BCUT2D eigenvalue weighted by molar-refractivity contribution is 5.72. The van der Waals surface area contributed by atoms with E-state index >= 15 is 0 Å². The average Bonchev–Trinajstić information content (AvgIpc) is 2.45. The number of anilines is 2. The molecule has 3 N–H and O–H groups in total. The highest BCUT2D eigenvalue weighted by atomic mass is 16.5. The summed E-state index contributed by atoms with van der Waals surface area (Å²) in [5.74, 6) is 0.754. The third-order valence-electron chi connectivity index (χ3n) is 3.01. The lowest BCUT2D eigenvalue weighted by molar-refractivity contribution is 0.163. The zero-order chi connectivity index (χ0) is 14.8. The Bertz CT molecular complexity index is 385. The number of hydrogen-bond donors (Lipinski definition) is 2. The Morgan fingerprint density at radius 2 is 2.05 bits per heavy atom. The van der Waals surface area contributed by atoms with E-state index in [1.165, 1.54) is 0 Å². The van der Waals surface area contributed by atoms with Crippen LogP contribution in [-0.4, -0.2) is 51.9 Å². The molecular formula is C15H27N3O2. The van der Waals surface area contributed by atoms with Gasteiger partial charge in [-0.15, -0.1) is 0 Å². The number of hydrogen-bond acceptors (Lipinski definition) is 5. The van der Waals surface area contributed by atoms with Crippen molar-refractivity contribution in [3.05, 3.63) is 18.2 Å². The van der Waals surface area contributed by atoms with Crippen molar-refractivity contribution >= 4 is 11.4 Å². The SMILES string of the molecule is CCCOc1cccc(NCCN(C)CCOC)c1N. The van der Waals surface area contributed by atoms with Crippen LogP contribution in [0.2, 0.25) is 0 Å². The van der Waals surface area contributed by atoms with Crippen LogP contribution in [0.25, 0.3) is 0 Å². The molecule has 0 spiro atoms. The minimum absolute atomic E-state index is 0.681. The van der Waals surface area contributed by atoms with Crippen LogP contribution >= 0.6 is 0 Å². The van der Waals surface area contributed by atoms with E-state index in [4.69, 9.17) is 15.2 Å². The number of likely N-dealkylation sites (N-methyl/N-ethyl adjacent to an activating group) is 1. The molecule has 0 fully saturated rings. The van der Waals surface area contributed by atoms with Crippen LogP contribution < -0.4 is 15.8 Å². The Kier molecular flexibility index (Phi) is 7.84. The normalized spacial score (nSPS) is 10.8. The number of para-hydroxylation sites is 1. The number of nitrogens with zero attached hydrogens (tertiary/aromatic N) is 1. The molecule has 0 amide bonds. The van der Waals surface area contributed by atoms with E-state index in [1.807, 2.05) is 18.2 Å². The molecule has 0 saturated heterocycles. The summed E-state index contributed by atoms with van der Waals surface area (Å²) in [5, 5.41) is 3.35. The minimum atomic E-state index is 0.681. The highest BCUT2D eigenvalue weighted by Gasteiger charge is 2.05. The molecular weight excluding hydrogens is 254 g/mol. The van der Waals surface area contributed by atoms with Gasteiger partial charge in [0.15, 0.2) is 0 Å². The molecule has 1 aromatic carbocycles. The van der Waals surface area contributed by atoms with Gasteiger partial charge in [0.2, 0.25) is 0 Å². The predicted octanol–water partition coefficient (Wildman–Crippen LogP) is 2.05. The van der Waals surface area contributed by atoms with Crippen LogP contribution in [0, 0.1) is 0 Å². The summed E-state index contributed by atoms with van der Waals surface area (Å²) in [5.41, 5.74) is 7.71. The molecule has 114 valence electrons. The second kappa shape index (κ2) is 9.44. The molecule has 0 atom stereocenters. The van der Waals surface area contributed by atoms with E-state index in [0.717, 1.165) is 44.1 Å². The summed E-state index contributed by atoms with van der Waals surface area (Å²) >= 11 is 0. The van der Waals surface area contributed by atoms with Gasteiger partial charge in [-0.2, -0.15) is 0 Å². The van der Waals surface area contributed by atoms with E-state index < -0.39 is 0 Å². The van der Waals surface area contributed by atoms with Gasteiger partial charge in [0.1, 0.15) is 5.75 Å². The maximum Gasteiger partial charge on any atom is 0.144 e. The molecule has 1 aromatic rings. The lowest BCUT2D eigenvalue weighted by atomic mass is 10.2. The number of nitrogens with two attached hydrogens (primary N) is 1. The van der Waals surface area contributed by atoms with Crippen LogP contribution in [0.1, 0.15) is 13.3 Å². The molecule has 0 aliphatic carbocycles. The fourth-order valence-electron chi connectivity index (χ4n) is 1.78. The summed E-state index contributed by atoms with van der Waals surface area (Å²) in [6.07, 6.45) is 0.974. The van der Waals surface area contributed by atoms with Crippen molar-refractivity contribution in [2.45, 2.75) is 13.3 Å². The molecule has 0 aliphatic rings. The van der Waals surface area contributed by atoms with Gasteiger partial charge < -0.3 is 25.4 Å². The first-order chi connectivity index (χ1) is 9.69. The number of nitrogen functional groups attached to an aromatic ring is 1. The summed E-state index contributed by atoms with van der Waals surface area (Å²) in [6, 6.07) is 5.84. The van der Waals surface area contributed by atoms with E-state index in [1.54, 1.807) is 7.11 Å². The summed E-state index contributed by atoms with van der Waals surface area (Å²) < 4.78 is 10.7. The molecule has 0 bridgehead atoms. The minimum Gasteiger partial charge on any atom is -0.491 e. The Hall–Kier alpha value is -1.46. The van der Waals surface area contributed by atoms with Crippen molar-refractivity contribution in [2.75, 3.05) is 58.1 Å². The van der Waals surface area contributed by atoms with Gasteiger partial charge in [-0.1, -0.05) is 13.0 Å². The lowest BCUT2D eigenvalue weighted by Gasteiger charge is -2.18. The predicted molar refractivity (Wildman–Crippen MR) is 84.5 cm³/mol. The van der Waals surface area contributed by atoms with Gasteiger partial charge in [0.05, 0.1) is 24.6 Å². The Labute approximate surface area is 122 Å². The van der Waals surface area contributed by atoms with Crippen LogP contribution in [0.4, 0.5) is 11.4 Å². The largest absolute Gasteiger partial charge is 0.491 e. The van der Waals surface area contributed by atoms with E-state index in [-0.39, 0.29) is 0 Å². The van der Waals surface area contributed by atoms with E-state index in [2.05, 4.69) is 24.2 Å². The van der Waals surface area contributed by atoms with Crippen molar-refractivity contribution in [3.8, 4) is 5.75 Å². The Morgan fingerprint density at radius 3 is 2.75 bits per heavy atom. The van der Waals surface area contributed by atoms with Crippen LogP contribution in [0.15, 0.2) is 18.2 Å². The van der Waals surface area contributed by atoms with Crippen molar-refractivity contribution in [3.63, 3.8) is 0 Å². The third-order valence-corrected chi connectivity index (χ3v) is 3.01. The van der Waals surface area contributed by atoms with Crippen molar-refractivity contribution < 1.29 is 9.47 Å². The van der Waals surface area contributed by atoms with Gasteiger partial charge >= 0.3 is 0 Å². The van der Waals surface area contributed by atoms with Crippen molar-refractivity contribution in [2.24, 2.45) is 0 Å². The Morgan fingerprint density at radius 1 is 1.25 bits per heavy atom. The average molecular weight is 281 g/mol. The number of ether oxygens (including phenoxy) is 2. The summed E-state index contributed by atoms with van der Waals surface area (Å²) in [6.45, 7) is 6.21. The molecule has 0 heterocycles. The topological polar surface area (TPSA) is 59.8 Å². The standard InChI is InChI=1S/C15H27N3O2/c1-4-11-20-14-7-5-6-13(15(14)16)17-8-9-18(2)10-12-19-3/h5-7,17H,4,8-12,16H2,1-3H3. The first-order valence-corrected chi connectivity index (χ1v) is 7.11. The van der Waals surface area contributed by atoms with Crippen LogP contribution in [0.3, 0.4) is 0 Å². The van der Waals surface area contributed by atoms with Crippen LogP contribution in [0.5, 0.6) is 5.75 Å². The number of methoxy groups -OCH3 is 1. The van der Waals surface area contributed by atoms with Gasteiger partial charge in [-0.3, -0.25) is 0 Å². The number of rotatable bonds is 10. The maximum absolute atomic E-state index is 6.10. The van der Waals surface area contributed by atoms with Crippen molar-refractivity contribution in [1.29, 1.82) is 0 Å². The molecule has 5 nitrogen and oxygen atoms in total. The molecule has 0 aromatic heterocycles. The molecule has 5 heteroatoms. The van der Waals surface area contributed by atoms with Gasteiger partial charge in [0.25, 0.3) is 0 Å². The zero-order valence-corrected chi connectivity index (χ0v) is 12.8. The highest BCUT2D eigenvalue weighted by Crippen LogP contribution is 2.29. The quantitative estimate of drug-likeness (QED) is 0.643. The number of nitrogens with one attached hydrogen (secondary N) is 1. The van der Waals surface area contributed by atoms with Gasteiger partial charge in [-0.25, -0.2) is 0 Å². The maximum atomic E-state index is 6.10. The summed E-state index contributed by atoms with van der Waals surface area (Å²) in [7, 11) is 3.79. The molecule has 0 unspecified atom stereocenters. The fourth-order valence-corrected chi connectivity index (χ4v) is 1.78. The van der Waals surface area contributed by atoms with E-state index in [0.29, 0.717) is 12.3 Å².